The first-order valence-electron chi connectivity index (χ1n) is 5.34. The molecular formula is C11H14N2O3S2. The molecule has 0 aliphatic rings. The summed E-state index contributed by atoms with van der Waals surface area (Å²) in [6, 6.07) is 3.32. The maximum atomic E-state index is 12.2. The molecule has 98 valence electrons. The first kappa shape index (κ1) is 13.3. The van der Waals surface area contributed by atoms with Crippen molar-refractivity contribution in [2.75, 3.05) is 7.05 Å². The fraction of sp³-hybridized carbons (Fsp3) is 0.364. The SMILES string of the molecule is Cc1noc(C)c1CN(C)S(=O)(=O)c1cccs1. The van der Waals surface area contributed by atoms with Crippen molar-refractivity contribution in [3.05, 3.63) is 34.5 Å². The summed E-state index contributed by atoms with van der Waals surface area (Å²) in [5.74, 6) is 0.653. The van der Waals surface area contributed by atoms with Crippen molar-refractivity contribution in [3.63, 3.8) is 0 Å². The number of nitrogens with zero attached hydrogens (tertiary/aromatic N) is 2. The zero-order valence-corrected chi connectivity index (χ0v) is 12.0. The molecule has 2 aromatic rings. The topological polar surface area (TPSA) is 63.4 Å². The van der Waals surface area contributed by atoms with Gasteiger partial charge in [0, 0.05) is 19.2 Å². The minimum atomic E-state index is -3.42. The van der Waals surface area contributed by atoms with Gasteiger partial charge in [0.25, 0.3) is 10.0 Å². The van der Waals surface area contributed by atoms with Crippen LogP contribution in [0.2, 0.25) is 0 Å². The fourth-order valence-corrected chi connectivity index (χ4v) is 3.94. The van der Waals surface area contributed by atoms with Crippen molar-refractivity contribution < 1.29 is 12.9 Å². The van der Waals surface area contributed by atoms with Gasteiger partial charge in [-0.1, -0.05) is 11.2 Å². The van der Waals surface area contributed by atoms with Crippen LogP contribution in [0.4, 0.5) is 0 Å². The zero-order chi connectivity index (χ0) is 13.3. The maximum absolute atomic E-state index is 12.2. The molecule has 0 unspecified atom stereocenters. The molecule has 5 nitrogen and oxygen atoms in total. The van der Waals surface area contributed by atoms with Crippen LogP contribution in [0, 0.1) is 13.8 Å². The largest absolute Gasteiger partial charge is 0.361 e. The summed E-state index contributed by atoms with van der Waals surface area (Å²) in [5.41, 5.74) is 1.54. The average Bonchev–Trinajstić information content (AvgIpc) is 2.94. The number of aromatic nitrogens is 1. The molecule has 2 aromatic heterocycles. The number of aryl methyl sites for hydroxylation is 2. The van der Waals surface area contributed by atoms with Gasteiger partial charge in [0.2, 0.25) is 0 Å². The van der Waals surface area contributed by atoms with Gasteiger partial charge in [-0.05, 0) is 25.3 Å². The lowest BCUT2D eigenvalue weighted by atomic mass is 10.2. The molecule has 18 heavy (non-hydrogen) atoms. The van der Waals surface area contributed by atoms with Gasteiger partial charge in [-0.15, -0.1) is 11.3 Å². The first-order valence-corrected chi connectivity index (χ1v) is 7.66. The molecule has 0 atom stereocenters. The van der Waals surface area contributed by atoms with E-state index in [9.17, 15) is 8.42 Å². The van der Waals surface area contributed by atoms with Gasteiger partial charge < -0.3 is 4.52 Å². The number of thiophene rings is 1. The van der Waals surface area contributed by atoms with Crippen LogP contribution in [0.1, 0.15) is 17.0 Å². The Morgan fingerprint density at radius 1 is 1.44 bits per heavy atom. The second-order valence-electron chi connectivity index (χ2n) is 4.00. The molecule has 2 heterocycles. The Bertz CT molecular complexity index is 610. The molecule has 0 aliphatic carbocycles. The average molecular weight is 286 g/mol. The minimum Gasteiger partial charge on any atom is -0.361 e. The summed E-state index contributed by atoms with van der Waals surface area (Å²) in [6.45, 7) is 3.85. The predicted molar refractivity (Wildman–Crippen MR) is 68.9 cm³/mol. The standard InChI is InChI=1S/C11H14N2O3S2/c1-8-10(9(2)16-12-8)7-13(3)18(14,15)11-5-4-6-17-11/h4-6H,7H2,1-3H3. The lowest BCUT2D eigenvalue weighted by molar-refractivity contribution is 0.390. The molecule has 0 amide bonds. The van der Waals surface area contributed by atoms with Crippen molar-refractivity contribution in [3.8, 4) is 0 Å². The van der Waals surface area contributed by atoms with E-state index < -0.39 is 10.0 Å². The van der Waals surface area contributed by atoms with Crippen LogP contribution in [0.5, 0.6) is 0 Å². The van der Waals surface area contributed by atoms with E-state index in [-0.39, 0.29) is 6.54 Å². The molecule has 0 aromatic carbocycles. The third-order valence-corrected chi connectivity index (χ3v) is 5.90. The first-order chi connectivity index (χ1) is 8.43. The summed E-state index contributed by atoms with van der Waals surface area (Å²) in [7, 11) is -1.87. The molecule has 0 N–H and O–H groups in total. The summed E-state index contributed by atoms with van der Waals surface area (Å²) >= 11 is 1.21. The van der Waals surface area contributed by atoms with Gasteiger partial charge in [0.15, 0.2) is 0 Å². The van der Waals surface area contributed by atoms with Gasteiger partial charge in [0.05, 0.1) is 5.69 Å². The lowest BCUT2D eigenvalue weighted by Crippen LogP contribution is -2.26. The molecule has 0 bridgehead atoms. The minimum absolute atomic E-state index is 0.265. The number of sulfonamides is 1. The van der Waals surface area contributed by atoms with Gasteiger partial charge in [-0.25, -0.2) is 8.42 Å². The molecule has 0 spiro atoms. The van der Waals surface area contributed by atoms with E-state index in [4.69, 9.17) is 4.52 Å². The van der Waals surface area contributed by atoms with Crippen LogP contribution in [0.25, 0.3) is 0 Å². The fourth-order valence-electron chi connectivity index (χ4n) is 1.60. The third-order valence-electron chi connectivity index (χ3n) is 2.72. The van der Waals surface area contributed by atoms with Crippen molar-refractivity contribution in [1.82, 2.24) is 9.46 Å². The van der Waals surface area contributed by atoms with E-state index in [0.29, 0.717) is 9.97 Å². The quantitative estimate of drug-likeness (QED) is 0.864. The second kappa shape index (κ2) is 4.83. The molecule has 0 radical (unpaired) electrons. The normalized spacial score (nSPS) is 12.2. The lowest BCUT2D eigenvalue weighted by Gasteiger charge is -2.15. The van der Waals surface area contributed by atoms with Gasteiger partial charge in [-0.3, -0.25) is 0 Å². The van der Waals surface area contributed by atoms with E-state index in [2.05, 4.69) is 5.16 Å². The molecule has 0 saturated heterocycles. The Morgan fingerprint density at radius 2 is 2.17 bits per heavy atom. The van der Waals surface area contributed by atoms with E-state index >= 15 is 0 Å². The Kier molecular flexibility index (Phi) is 3.56. The van der Waals surface area contributed by atoms with Crippen molar-refractivity contribution in [1.29, 1.82) is 0 Å². The van der Waals surface area contributed by atoms with Crippen molar-refractivity contribution in [2.45, 2.75) is 24.6 Å². The summed E-state index contributed by atoms with van der Waals surface area (Å²) < 4.78 is 31.1. The van der Waals surface area contributed by atoms with Crippen LogP contribution in [0.15, 0.2) is 26.2 Å². The van der Waals surface area contributed by atoms with E-state index in [1.165, 1.54) is 15.6 Å². The van der Waals surface area contributed by atoms with Gasteiger partial charge >= 0.3 is 0 Å². The molecule has 0 fully saturated rings. The highest BCUT2D eigenvalue weighted by Crippen LogP contribution is 2.23. The Balaban J connectivity index is 2.26. The van der Waals surface area contributed by atoms with Crippen LogP contribution in [-0.4, -0.2) is 24.9 Å². The number of hydrogen-bond donors (Lipinski definition) is 0. The summed E-state index contributed by atoms with van der Waals surface area (Å²) in [6.07, 6.45) is 0. The molecular weight excluding hydrogens is 272 g/mol. The van der Waals surface area contributed by atoms with Gasteiger partial charge in [0.1, 0.15) is 9.97 Å². The zero-order valence-electron chi connectivity index (χ0n) is 10.4. The molecule has 0 aliphatic heterocycles. The highest BCUT2D eigenvalue weighted by atomic mass is 32.2. The Labute approximate surface area is 110 Å². The van der Waals surface area contributed by atoms with Crippen LogP contribution in [-0.2, 0) is 16.6 Å². The monoisotopic (exact) mass is 286 g/mol. The molecule has 7 heteroatoms. The van der Waals surface area contributed by atoms with Crippen molar-refractivity contribution in [2.24, 2.45) is 0 Å². The van der Waals surface area contributed by atoms with Crippen LogP contribution < -0.4 is 0 Å². The summed E-state index contributed by atoms with van der Waals surface area (Å²) in [5, 5.41) is 5.57. The second-order valence-corrected chi connectivity index (χ2v) is 7.22. The third kappa shape index (κ3) is 2.33. The van der Waals surface area contributed by atoms with Crippen LogP contribution in [0.3, 0.4) is 0 Å². The smallest absolute Gasteiger partial charge is 0.252 e. The van der Waals surface area contributed by atoms with Crippen molar-refractivity contribution >= 4 is 21.4 Å². The van der Waals surface area contributed by atoms with E-state index in [0.717, 1.165) is 11.3 Å². The van der Waals surface area contributed by atoms with E-state index in [1.807, 2.05) is 0 Å². The molecule has 0 saturated carbocycles. The highest BCUT2D eigenvalue weighted by Gasteiger charge is 2.24. The maximum Gasteiger partial charge on any atom is 0.252 e. The predicted octanol–water partition coefficient (Wildman–Crippen LogP) is 2.17. The Morgan fingerprint density at radius 3 is 2.67 bits per heavy atom. The number of hydrogen-bond acceptors (Lipinski definition) is 5. The number of rotatable bonds is 4. The van der Waals surface area contributed by atoms with E-state index in [1.54, 1.807) is 38.4 Å². The van der Waals surface area contributed by atoms with Gasteiger partial charge in [-0.2, -0.15) is 4.31 Å². The molecule has 2 rings (SSSR count). The highest BCUT2D eigenvalue weighted by molar-refractivity contribution is 7.91. The summed E-state index contributed by atoms with van der Waals surface area (Å²) in [4.78, 5) is 0. The Hall–Kier alpha value is -1.18. The van der Waals surface area contributed by atoms with Crippen LogP contribution >= 0.6 is 11.3 Å².